The van der Waals surface area contributed by atoms with Crippen LogP contribution in [-0.2, 0) is 57.5 Å². The standard InChI is InChI=1S/C34H38O4.C27H38N2O2S4.C26H38S3/c1-3-7-31(8-4-1)33-15-11-29(12-16-33)19-21-35-23-25-37-27-28-38-26-24-36-22-20-30-13-17-34(18-14-30)32-9-5-2-6-10-32;1-32-16-18-34-14-12-28-26(30)24-10-4-8-22(20-24)6-3-7-23-9-5-11-25(21-23)27(31)29-13-15-35-19-17-33-2;1-21(2)25-9-5-23(6-10-25)13-15-27-17-19-29-20-18-28-16-14-24-7-11-26(12-8-24)22(3)4/h1-18H,19-28H2;4-5,8-11,20-21H,3,6-7,12-19H2,1-2H3,(H,28,30)(H,29,31);5-12,21-22H,13-20H2,1-4H3. The fraction of sp³-hybridized carbons (Fsp3) is 0.425. The van der Waals surface area contributed by atoms with Crippen molar-refractivity contribution in [2.45, 2.75) is 84.5 Å². The normalized spacial score (nSPS) is 11.1. The largest absolute Gasteiger partial charge is 0.379 e. The van der Waals surface area contributed by atoms with Crippen molar-refractivity contribution in [3.05, 3.63) is 262 Å². The Labute approximate surface area is 644 Å². The SMILES string of the molecule is CC(C)c1ccc(CCSCCSCCSCCc2ccc(C(C)C)cc2)cc1.CSCCSCCNC(=O)c1cccc(CCCc2cccc(C(=O)NCCSCCSC)c2)c1.c1ccc(-c2ccc(CCOCCOCCOCCOCCc3ccc(-c4ccccc4)cc3)cc2)cc1. The van der Waals surface area contributed by atoms with E-state index in [0.717, 1.165) is 77.7 Å². The van der Waals surface area contributed by atoms with Crippen molar-refractivity contribution in [1.82, 2.24) is 10.6 Å². The van der Waals surface area contributed by atoms with Crippen LogP contribution in [0.25, 0.3) is 22.3 Å². The van der Waals surface area contributed by atoms with Gasteiger partial charge in [-0.25, -0.2) is 0 Å². The predicted molar refractivity (Wildman–Crippen MR) is 456 cm³/mol. The van der Waals surface area contributed by atoms with Crippen molar-refractivity contribution in [3.63, 3.8) is 0 Å². The van der Waals surface area contributed by atoms with Gasteiger partial charge in [0.1, 0.15) is 0 Å². The van der Waals surface area contributed by atoms with E-state index in [9.17, 15) is 9.59 Å². The zero-order chi connectivity index (χ0) is 72.1. The highest BCUT2D eigenvalue weighted by molar-refractivity contribution is 8.04. The molecule has 15 heteroatoms. The lowest BCUT2D eigenvalue weighted by Gasteiger charge is -2.09. The number of nitrogens with one attached hydrogen (secondary N) is 2. The third kappa shape index (κ3) is 38.3. The maximum absolute atomic E-state index is 12.5. The van der Waals surface area contributed by atoms with E-state index >= 15 is 0 Å². The fourth-order valence-electron chi connectivity index (χ4n) is 10.6. The van der Waals surface area contributed by atoms with E-state index < -0.39 is 0 Å². The second-order valence-corrected chi connectivity index (χ2v) is 33.3. The van der Waals surface area contributed by atoms with Crippen LogP contribution in [0.15, 0.2) is 206 Å². The van der Waals surface area contributed by atoms with Gasteiger partial charge in [0.15, 0.2) is 0 Å². The number of hydrogen-bond acceptors (Lipinski definition) is 13. The first-order valence-corrected chi connectivity index (χ1v) is 45.0. The summed E-state index contributed by atoms with van der Waals surface area (Å²) in [6.07, 6.45) is 11.2. The van der Waals surface area contributed by atoms with Crippen molar-refractivity contribution in [1.29, 1.82) is 0 Å². The Hall–Kier alpha value is -5.01. The molecule has 0 aliphatic rings. The fourth-order valence-corrected chi connectivity index (χ4v) is 17.0. The highest BCUT2D eigenvalue weighted by Gasteiger charge is 2.10. The van der Waals surface area contributed by atoms with Gasteiger partial charge in [0.2, 0.25) is 0 Å². The van der Waals surface area contributed by atoms with E-state index in [1.807, 2.05) is 95.6 Å². The molecule has 8 aromatic carbocycles. The molecule has 0 fully saturated rings. The average Bonchev–Trinajstić information content (AvgIpc) is 0.909. The summed E-state index contributed by atoms with van der Waals surface area (Å²) in [4.78, 5) is 24.9. The smallest absolute Gasteiger partial charge is 0.251 e. The molecule has 0 aliphatic heterocycles. The molecular weight excluding hydrogens is 1390 g/mol. The first-order chi connectivity index (χ1) is 50.1. The van der Waals surface area contributed by atoms with E-state index in [4.69, 9.17) is 18.9 Å². The van der Waals surface area contributed by atoms with Gasteiger partial charge in [-0.1, -0.05) is 210 Å². The van der Waals surface area contributed by atoms with Gasteiger partial charge in [-0.15, -0.1) is 0 Å². The van der Waals surface area contributed by atoms with Crippen LogP contribution in [0, 0.1) is 0 Å². The molecule has 8 aromatic rings. The minimum absolute atomic E-state index is 0.00122. The van der Waals surface area contributed by atoms with Crippen LogP contribution < -0.4 is 10.6 Å². The minimum Gasteiger partial charge on any atom is -0.379 e. The first-order valence-electron chi connectivity index (χ1n) is 36.5. The summed E-state index contributed by atoms with van der Waals surface area (Å²) >= 11 is 13.8. The lowest BCUT2D eigenvalue weighted by molar-refractivity contribution is -0.00116. The molecule has 8 rings (SSSR count). The summed E-state index contributed by atoms with van der Waals surface area (Å²) < 4.78 is 22.6. The van der Waals surface area contributed by atoms with Crippen molar-refractivity contribution in [2.24, 2.45) is 0 Å². The molecule has 0 aromatic heterocycles. The number of thioether (sulfide) groups is 7. The highest BCUT2D eigenvalue weighted by atomic mass is 32.2. The summed E-state index contributed by atoms with van der Waals surface area (Å²) in [5.74, 6) is 15.3. The van der Waals surface area contributed by atoms with Crippen molar-refractivity contribution >= 4 is 94.1 Å². The lowest BCUT2D eigenvalue weighted by Crippen LogP contribution is -2.26. The maximum atomic E-state index is 12.5. The Kier molecular flexibility index (Phi) is 46.7. The van der Waals surface area contributed by atoms with E-state index in [1.54, 1.807) is 0 Å². The van der Waals surface area contributed by atoms with Gasteiger partial charge in [-0.3, -0.25) is 9.59 Å². The molecule has 0 spiro atoms. The van der Waals surface area contributed by atoms with Crippen LogP contribution in [-0.4, -0.2) is 159 Å². The molecule has 2 N–H and O–H groups in total. The summed E-state index contributed by atoms with van der Waals surface area (Å²) in [5, 5.41) is 6.04. The number of carbonyl (C=O) groups excluding carboxylic acids is 2. The average molecular weight is 1510 g/mol. The maximum Gasteiger partial charge on any atom is 0.251 e. The molecule has 550 valence electrons. The molecule has 0 heterocycles. The van der Waals surface area contributed by atoms with Gasteiger partial charge >= 0.3 is 0 Å². The molecule has 0 radical (unpaired) electrons. The number of rotatable bonds is 49. The Bertz CT molecular complexity index is 3190. The summed E-state index contributed by atoms with van der Waals surface area (Å²) in [7, 11) is 0. The molecule has 102 heavy (non-hydrogen) atoms. The zero-order valence-electron chi connectivity index (χ0n) is 61.6. The molecule has 0 atom stereocenters. The van der Waals surface area contributed by atoms with Gasteiger partial charge in [-0.05, 0) is 172 Å². The Morgan fingerprint density at radius 2 is 0.618 bits per heavy atom. The molecular formula is C87H114N2O6S7. The van der Waals surface area contributed by atoms with Crippen molar-refractivity contribution in [2.75, 3.05) is 147 Å². The molecule has 0 saturated carbocycles. The number of hydrogen-bond donors (Lipinski definition) is 2. The molecule has 0 aliphatic carbocycles. The van der Waals surface area contributed by atoms with Gasteiger partial charge in [-0.2, -0.15) is 82.3 Å². The topological polar surface area (TPSA) is 95.1 Å². The number of amides is 2. The monoisotopic (exact) mass is 1510 g/mol. The molecule has 2 amide bonds. The minimum atomic E-state index is -0.00122. The quantitative estimate of drug-likeness (QED) is 0.0355. The third-order valence-electron chi connectivity index (χ3n) is 16.7. The second-order valence-electron chi connectivity index (χ2n) is 25.2. The molecule has 0 unspecified atom stereocenters. The number of aryl methyl sites for hydroxylation is 4. The van der Waals surface area contributed by atoms with Gasteiger partial charge < -0.3 is 29.6 Å². The Morgan fingerprint density at radius 1 is 0.304 bits per heavy atom. The van der Waals surface area contributed by atoms with Crippen LogP contribution in [0.2, 0.25) is 0 Å². The van der Waals surface area contributed by atoms with Gasteiger partial charge in [0, 0.05) is 81.7 Å². The lowest BCUT2D eigenvalue weighted by atomic mass is 10.0. The van der Waals surface area contributed by atoms with E-state index in [0.29, 0.717) is 77.8 Å². The van der Waals surface area contributed by atoms with E-state index in [2.05, 4.69) is 244 Å². The third-order valence-corrected chi connectivity index (χ3v) is 23.8. The van der Waals surface area contributed by atoms with Crippen LogP contribution in [0.4, 0.5) is 0 Å². The summed E-state index contributed by atoms with van der Waals surface area (Å²) in [6, 6.07) is 72.4. The number of ether oxygens (including phenoxy) is 4. The van der Waals surface area contributed by atoms with Crippen molar-refractivity contribution in [3.8, 4) is 22.3 Å². The number of benzene rings is 8. The molecule has 0 bridgehead atoms. The van der Waals surface area contributed by atoms with Gasteiger partial charge in [0.05, 0.1) is 52.9 Å². The summed E-state index contributed by atoms with van der Waals surface area (Å²) in [5.41, 5.74) is 17.1. The van der Waals surface area contributed by atoms with Crippen LogP contribution >= 0.6 is 82.3 Å². The van der Waals surface area contributed by atoms with Crippen molar-refractivity contribution < 1.29 is 28.5 Å². The van der Waals surface area contributed by atoms with Crippen LogP contribution in [0.1, 0.15) is 111 Å². The van der Waals surface area contributed by atoms with Gasteiger partial charge in [0.25, 0.3) is 11.8 Å². The van der Waals surface area contributed by atoms with Crippen LogP contribution in [0.5, 0.6) is 0 Å². The molecule has 0 saturated heterocycles. The Balaban J connectivity index is 0.000000243. The van der Waals surface area contributed by atoms with Crippen LogP contribution in [0.3, 0.4) is 0 Å². The zero-order valence-corrected chi connectivity index (χ0v) is 67.3. The number of carbonyl (C=O) groups is 2. The second kappa shape index (κ2) is 55.4. The van der Waals surface area contributed by atoms with E-state index in [1.165, 1.54) is 114 Å². The Morgan fingerprint density at radius 3 is 0.980 bits per heavy atom. The summed E-state index contributed by atoms with van der Waals surface area (Å²) in [6.45, 7) is 15.3. The molecule has 8 nitrogen and oxygen atoms in total. The first kappa shape index (κ1) is 85.9. The predicted octanol–water partition coefficient (Wildman–Crippen LogP) is 20.3. The van der Waals surface area contributed by atoms with E-state index in [-0.39, 0.29) is 11.8 Å². The highest BCUT2D eigenvalue weighted by Crippen LogP contribution is 2.23.